The van der Waals surface area contributed by atoms with Crippen molar-refractivity contribution in [2.24, 2.45) is 0 Å². The van der Waals surface area contributed by atoms with Crippen LogP contribution in [0.25, 0.3) is 0 Å². The molecule has 120 valence electrons. The minimum Gasteiger partial charge on any atom is -0.381 e. The second-order valence-corrected chi connectivity index (χ2v) is 6.09. The topological polar surface area (TPSA) is 35.3 Å². The molecule has 1 heterocycles. The number of rotatable bonds is 2. The van der Waals surface area contributed by atoms with Crippen LogP contribution in [-0.2, 0) is 10.4 Å². The Morgan fingerprint density at radius 1 is 1.04 bits per heavy atom. The molecule has 0 fully saturated rings. The van der Waals surface area contributed by atoms with Crippen LogP contribution < -0.4 is 0 Å². The van der Waals surface area contributed by atoms with Crippen molar-refractivity contribution in [2.45, 2.75) is 18.2 Å². The van der Waals surface area contributed by atoms with Gasteiger partial charge in [-0.2, -0.15) is 13.2 Å². The van der Waals surface area contributed by atoms with Crippen molar-refractivity contribution in [3.8, 4) is 0 Å². The lowest BCUT2D eigenvalue weighted by Gasteiger charge is -2.32. The fourth-order valence-electron chi connectivity index (χ4n) is 2.56. The fourth-order valence-corrected chi connectivity index (χ4v) is 2.82. The summed E-state index contributed by atoms with van der Waals surface area (Å²) in [4.78, 5) is 4.78. The molecular formula is C16H11BrF3NO2. The van der Waals surface area contributed by atoms with Crippen molar-refractivity contribution in [3.05, 3.63) is 75.4 Å². The van der Waals surface area contributed by atoms with E-state index in [4.69, 9.17) is 4.84 Å². The van der Waals surface area contributed by atoms with Crippen LogP contribution in [0.4, 0.5) is 13.2 Å². The van der Waals surface area contributed by atoms with Gasteiger partial charge in [0.15, 0.2) is 0 Å². The smallest absolute Gasteiger partial charge is 0.381 e. The monoisotopic (exact) mass is 385 g/mol. The van der Waals surface area contributed by atoms with Gasteiger partial charge in [0.25, 0.3) is 5.71 Å². The first-order chi connectivity index (χ1) is 10.8. The average Bonchev–Trinajstić information content (AvgIpc) is 2.88. The Labute approximate surface area is 138 Å². The molecule has 0 saturated carbocycles. The minimum atomic E-state index is -4.73. The standard InChI is InChI=1S/C16H11BrF3NO2/c17-13-8-6-11(7-9-13)14-10-15(16(18,19)20,23-21(14)22)12-4-2-1-3-5-12/h1-9H,10H2. The van der Waals surface area contributed by atoms with E-state index in [1.165, 1.54) is 24.3 Å². The van der Waals surface area contributed by atoms with Crippen LogP contribution in [0.5, 0.6) is 0 Å². The van der Waals surface area contributed by atoms with Crippen molar-refractivity contribution in [1.29, 1.82) is 0 Å². The Morgan fingerprint density at radius 3 is 2.22 bits per heavy atom. The zero-order valence-corrected chi connectivity index (χ0v) is 13.3. The third-order valence-electron chi connectivity index (χ3n) is 3.75. The second-order valence-electron chi connectivity index (χ2n) is 5.17. The van der Waals surface area contributed by atoms with E-state index in [1.807, 2.05) is 0 Å². The first-order valence-electron chi connectivity index (χ1n) is 6.74. The van der Waals surface area contributed by atoms with Gasteiger partial charge in [-0.1, -0.05) is 46.3 Å². The number of nitrogens with zero attached hydrogens (tertiary/aromatic N) is 1. The predicted octanol–water partition coefficient (Wildman–Crippen LogP) is 4.54. The van der Waals surface area contributed by atoms with Crippen LogP contribution >= 0.6 is 15.9 Å². The van der Waals surface area contributed by atoms with Gasteiger partial charge < -0.3 is 4.84 Å². The van der Waals surface area contributed by atoms with E-state index in [1.54, 1.807) is 30.3 Å². The second kappa shape index (κ2) is 5.56. The van der Waals surface area contributed by atoms with Crippen molar-refractivity contribution in [1.82, 2.24) is 0 Å². The summed E-state index contributed by atoms with van der Waals surface area (Å²) in [6.07, 6.45) is -5.31. The molecule has 2 aromatic rings. The molecule has 3 rings (SSSR count). The van der Waals surface area contributed by atoms with Crippen LogP contribution in [0.15, 0.2) is 59.1 Å². The summed E-state index contributed by atoms with van der Waals surface area (Å²) in [5, 5.41) is 12.0. The van der Waals surface area contributed by atoms with Crippen molar-refractivity contribution in [3.63, 3.8) is 0 Å². The fraction of sp³-hybridized carbons (Fsp3) is 0.188. The highest BCUT2D eigenvalue weighted by molar-refractivity contribution is 9.10. The number of benzene rings is 2. The highest BCUT2D eigenvalue weighted by atomic mass is 79.9. The van der Waals surface area contributed by atoms with Gasteiger partial charge in [0.1, 0.15) is 0 Å². The highest BCUT2D eigenvalue weighted by Crippen LogP contribution is 2.48. The van der Waals surface area contributed by atoms with Crippen LogP contribution in [-0.4, -0.2) is 16.8 Å². The third-order valence-corrected chi connectivity index (χ3v) is 4.28. The molecule has 2 aromatic carbocycles. The molecule has 3 nitrogen and oxygen atoms in total. The molecule has 1 atom stereocenters. The Hall–Kier alpha value is -2.02. The van der Waals surface area contributed by atoms with Crippen LogP contribution in [0.2, 0.25) is 0 Å². The van der Waals surface area contributed by atoms with E-state index in [0.717, 1.165) is 4.47 Å². The van der Waals surface area contributed by atoms with E-state index in [2.05, 4.69) is 15.9 Å². The van der Waals surface area contributed by atoms with Gasteiger partial charge in [-0.3, -0.25) is 5.21 Å². The molecule has 1 unspecified atom stereocenters. The molecule has 0 aliphatic carbocycles. The van der Waals surface area contributed by atoms with E-state index in [0.29, 0.717) is 5.56 Å². The van der Waals surface area contributed by atoms with Crippen molar-refractivity contribution in [2.75, 3.05) is 0 Å². The molecule has 0 spiro atoms. The molecule has 0 bridgehead atoms. The normalized spacial score (nSPS) is 21.4. The number of alkyl halides is 3. The largest absolute Gasteiger partial charge is 0.413 e. The molecule has 0 radical (unpaired) electrons. The van der Waals surface area contributed by atoms with Gasteiger partial charge >= 0.3 is 6.18 Å². The van der Waals surface area contributed by atoms with E-state index >= 15 is 0 Å². The number of halogens is 4. The lowest BCUT2D eigenvalue weighted by Crippen LogP contribution is -2.43. The molecule has 7 heteroatoms. The summed E-state index contributed by atoms with van der Waals surface area (Å²) in [6, 6.07) is 13.7. The Morgan fingerprint density at radius 2 is 1.65 bits per heavy atom. The quantitative estimate of drug-likeness (QED) is 0.711. The summed E-state index contributed by atoms with van der Waals surface area (Å²) in [5.41, 5.74) is -2.43. The molecule has 1 aliphatic heterocycles. The molecule has 0 aromatic heterocycles. The van der Waals surface area contributed by atoms with E-state index in [-0.39, 0.29) is 16.2 Å². The van der Waals surface area contributed by atoms with Crippen LogP contribution in [0, 0.1) is 5.21 Å². The lowest BCUT2D eigenvalue weighted by atomic mass is 9.86. The number of hydrogen-bond acceptors (Lipinski definition) is 2. The SMILES string of the molecule is [O-][N+]1=C(c2ccc(Br)cc2)CC(c2ccccc2)(C(F)(F)F)O1. The van der Waals surface area contributed by atoms with Gasteiger partial charge in [-0.05, 0) is 29.8 Å². The van der Waals surface area contributed by atoms with Crippen LogP contribution in [0.3, 0.4) is 0 Å². The maximum absolute atomic E-state index is 13.7. The van der Waals surface area contributed by atoms with Gasteiger partial charge in [-0.25, -0.2) is 0 Å². The molecular weight excluding hydrogens is 375 g/mol. The molecule has 0 N–H and O–H groups in total. The highest BCUT2D eigenvalue weighted by Gasteiger charge is 2.62. The van der Waals surface area contributed by atoms with Crippen LogP contribution in [0.1, 0.15) is 17.5 Å². The lowest BCUT2D eigenvalue weighted by molar-refractivity contribution is -0.764. The molecule has 23 heavy (non-hydrogen) atoms. The van der Waals surface area contributed by atoms with Gasteiger partial charge in [0.05, 0.1) is 6.42 Å². The summed E-state index contributed by atoms with van der Waals surface area (Å²) in [5.74, 6) is 0. The first-order valence-corrected chi connectivity index (χ1v) is 7.53. The maximum Gasteiger partial charge on any atom is 0.413 e. The zero-order valence-electron chi connectivity index (χ0n) is 11.7. The van der Waals surface area contributed by atoms with E-state index < -0.39 is 18.2 Å². The summed E-state index contributed by atoms with van der Waals surface area (Å²) in [7, 11) is 0. The Bertz CT molecular complexity index is 744. The minimum absolute atomic E-state index is 0.0241. The average molecular weight is 386 g/mol. The predicted molar refractivity (Wildman–Crippen MR) is 81.8 cm³/mol. The Balaban J connectivity index is 2.05. The summed E-state index contributed by atoms with van der Waals surface area (Å²) in [6.45, 7) is 0. The van der Waals surface area contributed by atoms with Gasteiger partial charge in [-0.15, -0.1) is 0 Å². The van der Waals surface area contributed by atoms with Gasteiger partial charge in [0.2, 0.25) is 5.60 Å². The van der Waals surface area contributed by atoms with E-state index in [9.17, 15) is 18.4 Å². The third kappa shape index (κ3) is 2.69. The Kier molecular flexibility index (Phi) is 3.83. The van der Waals surface area contributed by atoms with Gasteiger partial charge in [0, 0.05) is 14.9 Å². The summed E-state index contributed by atoms with van der Waals surface area (Å²) < 4.78 is 41.9. The molecule has 1 aliphatic rings. The number of hydrogen-bond donors (Lipinski definition) is 0. The first kappa shape index (κ1) is 15.9. The van der Waals surface area contributed by atoms with Crippen molar-refractivity contribution < 1.29 is 22.9 Å². The summed E-state index contributed by atoms with van der Waals surface area (Å²) >= 11 is 3.25. The van der Waals surface area contributed by atoms with Crippen molar-refractivity contribution >= 4 is 21.6 Å². The zero-order chi connectivity index (χ0) is 16.7. The maximum atomic E-state index is 13.7. The molecule has 0 saturated heterocycles. The molecule has 0 amide bonds.